The van der Waals surface area contributed by atoms with Gasteiger partial charge in [-0.2, -0.15) is 0 Å². The van der Waals surface area contributed by atoms with Gasteiger partial charge in [0.25, 0.3) is 5.56 Å². The Hall–Kier alpha value is -1.18. The van der Waals surface area contributed by atoms with Gasteiger partial charge in [0, 0.05) is 6.20 Å². The van der Waals surface area contributed by atoms with Gasteiger partial charge in [0.15, 0.2) is 0 Å². The van der Waals surface area contributed by atoms with Crippen molar-refractivity contribution in [2.45, 2.75) is 37.4 Å². The van der Waals surface area contributed by atoms with Crippen LogP contribution in [0.1, 0.15) is 18.1 Å². The van der Waals surface area contributed by atoms with E-state index in [1.165, 1.54) is 6.20 Å². The molecule has 9 heteroatoms. The lowest BCUT2D eigenvalue weighted by Crippen LogP contribution is -2.36. The summed E-state index contributed by atoms with van der Waals surface area (Å²) < 4.78 is 6.85. The highest BCUT2D eigenvalue weighted by Gasteiger charge is 2.44. The van der Waals surface area contributed by atoms with E-state index in [0.29, 0.717) is 6.42 Å². The molecule has 4 atom stereocenters. The molecule has 0 aromatic carbocycles. The maximum Gasteiger partial charge on any atom is 0.328 e. The number of aliphatic hydroxyl groups excluding tert-OH is 3. The molecule has 1 aliphatic rings. The molecule has 2 rings (SSSR count). The van der Waals surface area contributed by atoms with Gasteiger partial charge in [-0.25, -0.2) is 4.79 Å². The molecule has 1 aliphatic heterocycles. The zero-order valence-electron chi connectivity index (χ0n) is 13.9. The Balaban J connectivity index is 2.26. The van der Waals surface area contributed by atoms with Crippen molar-refractivity contribution < 1.29 is 20.1 Å². The number of aliphatic hydroxyl groups is 3. The van der Waals surface area contributed by atoms with Crippen LogP contribution in [0.25, 0.3) is 0 Å². The molecule has 1 unspecified atom stereocenters. The molecule has 0 spiro atoms. The normalized spacial score (nSPS) is 27.5. The highest BCUT2D eigenvalue weighted by Crippen LogP contribution is 2.40. The average Bonchev–Trinajstić information content (AvgIpc) is 2.75. The van der Waals surface area contributed by atoms with Crippen molar-refractivity contribution in [2.75, 3.05) is 26.1 Å². The molecule has 0 radical (unpaired) electrons. The number of hydrogen-bond donors (Lipinski definition) is 4. The summed E-state index contributed by atoms with van der Waals surface area (Å²) in [6, 6.07) is 0. The van der Waals surface area contributed by atoms with Crippen LogP contribution in [0.5, 0.6) is 0 Å². The predicted molar refractivity (Wildman–Crippen MR) is 93.4 cm³/mol. The Labute approximate surface area is 139 Å². The summed E-state index contributed by atoms with van der Waals surface area (Å²) in [7, 11) is 0. The molecule has 1 fully saturated rings. The van der Waals surface area contributed by atoms with Crippen LogP contribution >= 0.6 is 6.89 Å². The van der Waals surface area contributed by atoms with E-state index in [2.05, 4.69) is 24.6 Å². The first kappa shape index (κ1) is 19.1. The van der Waals surface area contributed by atoms with Gasteiger partial charge in [-0.05, 0) is 25.9 Å². The highest BCUT2D eigenvalue weighted by molar-refractivity contribution is 7.72. The quantitative estimate of drug-likeness (QED) is 0.472. The number of ether oxygens (including phenoxy) is 1. The van der Waals surface area contributed by atoms with Gasteiger partial charge in [-0.3, -0.25) is 14.3 Å². The van der Waals surface area contributed by atoms with Crippen LogP contribution in [0.4, 0.5) is 0 Å². The fourth-order valence-corrected chi connectivity index (χ4v) is 3.68. The number of hydrogen-bond acceptors (Lipinski definition) is 6. The summed E-state index contributed by atoms with van der Waals surface area (Å²) in [6.45, 7) is 2.57. The molecular weight excluding hydrogens is 335 g/mol. The van der Waals surface area contributed by atoms with E-state index in [0.717, 1.165) is 10.7 Å². The largest absolute Gasteiger partial charge is 0.395 e. The highest BCUT2D eigenvalue weighted by atomic mass is 31.2. The summed E-state index contributed by atoms with van der Waals surface area (Å²) in [5, 5.41) is 29.4. The van der Waals surface area contributed by atoms with Crippen LogP contribution in [0.15, 0.2) is 15.8 Å². The van der Waals surface area contributed by atoms with Crippen molar-refractivity contribution in [3.63, 3.8) is 0 Å². The minimum atomic E-state index is -1.30. The van der Waals surface area contributed by atoms with Crippen LogP contribution in [0.3, 0.4) is 0 Å². The van der Waals surface area contributed by atoms with Gasteiger partial charge in [0.05, 0.1) is 24.8 Å². The lowest BCUT2D eigenvalue weighted by atomic mass is 10.0. The second-order valence-corrected chi connectivity index (χ2v) is 11.1. The first-order valence-corrected chi connectivity index (χ1v) is 10.8. The Morgan fingerprint density at radius 3 is 2.58 bits per heavy atom. The molecule has 0 saturated carbocycles. The van der Waals surface area contributed by atoms with Gasteiger partial charge in [0.2, 0.25) is 0 Å². The monoisotopic (exact) mass is 360 g/mol. The molecule has 2 heterocycles. The molecule has 1 aromatic heterocycles. The fourth-order valence-electron chi connectivity index (χ4n) is 2.72. The molecule has 1 saturated heterocycles. The standard InChI is InChI=1S/C15H25N2O6P/c1-24(2,3)7-4-10-11(19)12(20)13(23-10)9-8-17(5-6-18)15(22)16-14(9)21/h8,10-13,18-20H,1,4-7H2,2-3H3,(H,16,21,22)/t10-,11-,12-,13?/m1/s1. The number of nitrogens with zero attached hydrogens (tertiary/aromatic N) is 1. The van der Waals surface area contributed by atoms with Crippen molar-refractivity contribution in [1.82, 2.24) is 9.55 Å². The zero-order chi connectivity index (χ0) is 18.1. The molecular formula is C15H25N2O6P. The smallest absolute Gasteiger partial charge is 0.328 e. The molecule has 1 aromatic rings. The summed E-state index contributed by atoms with van der Waals surface area (Å²) in [6.07, 6.45) is 2.70. The Morgan fingerprint density at radius 2 is 2.00 bits per heavy atom. The Kier molecular flexibility index (Phi) is 5.88. The summed E-state index contributed by atoms with van der Waals surface area (Å²) in [4.78, 5) is 25.9. The Bertz CT molecular complexity index is 736. The fraction of sp³-hybridized carbons (Fsp3) is 0.667. The topological polar surface area (TPSA) is 125 Å². The van der Waals surface area contributed by atoms with E-state index in [-0.39, 0.29) is 18.7 Å². The SMILES string of the molecule is C=P(C)(C)CC[C@H]1OC(c2cn(CCO)c(=O)[nH]c2=O)[C@H](O)[C@@H]1O. The minimum absolute atomic E-state index is 0.0115. The molecule has 136 valence electrons. The van der Waals surface area contributed by atoms with E-state index in [1.807, 2.05) is 0 Å². The Morgan fingerprint density at radius 1 is 1.33 bits per heavy atom. The molecule has 0 bridgehead atoms. The number of nitrogens with one attached hydrogen (secondary N) is 1. The molecule has 4 N–H and O–H groups in total. The average molecular weight is 360 g/mol. The van der Waals surface area contributed by atoms with Gasteiger partial charge >= 0.3 is 5.69 Å². The van der Waals surface area contributed by atoms with E-state index in [4.69, 9.17) is 9.84 Å². The second kappa shape index (κ2) is 7.37. The van der Waals surface area contributed by atoms with E-state index in [1.54, 1.807) is 0 Å². The summed E-state index contributed by atoms with van der Waals surface area (Å²) in [5.41, 5.74) is -1.26. The predicted octanol–water partition coefficient (Wildman–Crippen LogP) is -1.21. The third-order valence-electron chi connectivity index (χ3n) is 4.07. The van der Waals surface area contributed by atoms with Crippen LogP contribution in [0.2, 0.25) is 0 Å². The third-order valence-corrected chi connectivity index (χ3v) is 5.54. The molecule has 8 nitrogen and oxygen atoms in total. The first-order chi connectivity index (χ1) is 11.1. The van der Waals surface area contributed by atoms with Crippen molar-refractivity contribution in [3.05, 3.63) is 32.6 Å². The molecule has 0 aliphatic carbocycles. The van der Waals surface area contributed by atoms with Crippen LogP contribution in [-0.4, -0.2) is 75.6 Å². The van der Waals surface area contributed by atoms with Gasteiger partial charge in [-0.15, -0.1) is 13.2 Å². The van der Waals surface area contributed by atoms with Crippen LogP contribution in [0, 0.1) is 0 Å². The second-order valence-electron chi connectivity index (χ2n) is 6.79. The van der Waals surface area contributed by atoms with Crippen molar-refractivity contribution >= 4 is 13.2 Å². The van der Waals surface area contributed by atoms with Gasteiger partial charge < -0.3 is 20.1 Å². The third kappa shape index (κ3) is 4.26. The van der Waals surface area contributed by atoms with Crippen LogP contribution in [-0.2, 0) is 11.3 Å². The van der Waals surface area contributed by atoms with Gasteiger partial charge in [-0.1, -0.05) is 0 Å². The lowest BCUT2D eigenvalue weighted by Gasteiger charge is -2.18. The first-order valence-electron chi connectivity index (χ1n) is 7.77. The maximum atomic E-state index is 12.1. The van der Waals surface area contributed by atoms with E-state index < -0.39 is 42.6 Å². The van der Waals surface area contributed by atoms with Gasteiger partial charge in [0.1, 0.15) is 18.3 Å². The zero-order valence-corrected chi connectivity index (χ0v) is 14.8. The molecule has 0 amide bonds. The number of aromatic amines is 1. The van der Waals surface area contributed by atoms with E-state index >= 15 is 0 Å². The lowest BCUT2D eigenvalue weighted by molar-refractivity contribution is 0.00490. The van der Waals surface area contributed by atoms with Crippen molar-refractivity contribution in [1.29, 1.82) is 0 Å². The summed E-state index contributed by atoms with van der Waals surface area (Å²) in [5.74, 6) is 0. The number of rotatable bonds is 6. The summed E-state index contributed by atoms with van der Waals surface area (Å²) >= 11 is 0. The van der Waals surface area contributed by atoms with E-state index in [9.17, 15) is 19.8 Å². The van der Waals surface area contributed by atoms with Crippen LogP contribution < -0.4 is 11.2 Å². The van der Waals surface area contributed by atoms with Crippen molar-refractivity contribution in [2.24, 2.45) is 0 Å². The van der Waals surface area contributed by atoms with Crippen molar-refractivity contribution in [3.8, 4) is 0 Å². The minimum Gasteiger partial charge on any atom is -0.395 e. The number of aromatic nitrogens is 2. The molecule has 24 heavy (non-hydrogen) atoms. The maximum absolute atomic E-state index is 12.1. The number of H-pyrrole nitrogens is 1.